The molecule has 2 rings (SSSR count). The zero-order valence-electron chi connectivity index (χ0n) is 23.5. The van der Waals surface area contributed by atoms with Gasteiger partial charge in [0, 0.05) is 49.1 Å². The number of rotatable bonds is 11. The molecule has 0 fully saturated rings. The number of nitrogens with zero attached hydrogens (tertiary/aromatic N) is 1. The van der Waals surface area contributed by atoms with Gasteiger partial charge in [0.25, 0.3) is 0 Å². The maximum Gasteiger partial charge on any atom is 0.233 e. The van der Waals surface area contributed by atoms with E-state index in [0.29, 0.717) is 53.0 Å². The Labute approximate surface area is 225 Å². The summed E-state index contributed by atoms with van der Waals surface area (Å²) in [5.74, 6) is -0.628. The van der Waals surface area contributed by atoms with Gasteiger partial charge in [-0.05, 0) is 60.4 Å². The van der Waals surface area contributed by atoms with E-state index in [1.807, 2.05) is 27.7 Å². The average molecular weight is 526 g/mol. The summed E-state index contributed by atoms with van der Waals surface area (Å²) in [5.41, 5.74) is 2.63. The second-order valence-electron chi connectivity index (χ2n) is 10.4. The Morgan fingerprint density at radius 3 is 2.21 bits per heavy atom. The quantitative estimate of drug-likeness (QED) is 0.338. The second kappa shape index (κ2) is 13.8. The van der Waals surface area contributed by atoms with E-state index in [9.17, 15) is 9.59 Å². The van der Waals surface area contributed by atoms with Crippen LogP contribution in [0.2, 0.25) is 0 Å². The molecule has 0 aliphatic rings. The molecule has 0 aliphatic heterocycles. The number of hydrogen-bond donors (Lipinski definition) is 2. The van der Waals surface area contributed by atoms with E-state index in [1.165, 1.54) is 6.07 Å². The summed E-state index contributed by atoms with van der Waals surface area (Å²) in [6.07, 6.45) is 1.44. The van der Waals surface area contributed by atoms with Gasteiger partial charge in [0.1, 0.15) is 24.6 Å². The number of ether oxygens (including phenoxy) is 2. The number of carbonyl (C=O) groups excluding carboxylic acids is 2. The monoisotopic (exact) mass is 525 g/mol. The molecule has 38 heavy (non-hydrogen) atoms. The second-order valence-corrected chi connectivity index (χ2v) is 10.4. The van der Waals surface area contributed by atoms with Crippen molar-refractivity contribution in [1.82, 2.24) is 4.90 Å². The summed E-state index contributed by atoms with van der Waals surface area (Å²) < 4.78 is 25.8. The number of nitrogens with one attached hydrogen (secondary N) is 2. The van der Waals surface area contributed by atoms with Crippen molar-refractivity contribution >= 4 is 34.5 Å². The molecule has 8 heteroatoms. The fraction of sp³-hybridized carbons (Fsp3) is 0.400. The average Bonchev–Trinajstić information content (AvgIpc) is 2.83. The largest absolute Gasteiger partial charge is 0.491 e. The van der Waals surface area contributed by atoms with Crippen LogP contribution in [-0.2, 0) is 14.3 Å². The van der Waals surface area contributed by atoms with Gasteiger partial charge in [0.05, 0.1) is 6.61 Å². The molecule has 0 aromatic heterocycles. The van der Waals surface area contributed by atoms with Crippen LogP contribution < -0.4 is 25.8 Å². The number of benzene rings is 2. The molecule has 2 aromatic rings. The molecule has 0 bridgehead atoms. The molecular weight excluding hydrogens is 485 g/mol. The molecule has 206 valence electrons. The van der Waals surface area contributed by atoms with Gasteiger partial charge >= 0.3 is 0 Å². The van der Waals surface area contributed by atoms with Crippen molar-refractivity contribution in [3.63, 3.8) is 0 Å². The van der Waals surface area contributed by atoms with Gasteiger partial charge in [-0.15, -0.1) is 0 Å². The molecule has 0 saturated carbocycles. The number of anilines is 2. The number of carbonyl (C=O) groups is 2. The molecule has 0 saturated heterocycles. The first-order valence-corrected chi connectivity index (χ1v) is 12.5. The lowest BCUT2D eigenvalue weighted by Crippen LogP contribution is -2.36. The van der Waals surface area contributed by atoms with Crippen molar-refractivity contribution in [1.29, 1.82) is 0 Å². The molecule has 0 heterocycles. The molecule has 2 N–H and O–H groups in total. The highest BCUT2D eigenvalue weighted by Gasteiger charge is 2.19. The van der Waals surface area contributed by atoms with Crippen LogP contribution in [0.4, 0.5) is 15.8 Å². The van der Waals surface area contributed by atoms with Crippen molar-refractivity contribution in [3.05, 3.63) is 65.3 Å². The highest BCUT2D eigenvalue weighted by atomic mass is 19.1. The standard InChI is InChI=1S/C30H40FN3O4/c1-9-20(2)25-16-24(38-15-14-37-8)17-26(31)29(25)21(3)32-22-10-12-23(13-11-22)33-27(35)18-28(36)34(7)19-30(4,5)6/h9-13,16-17,32H,1,14-15,18-19H2,2-8H3,(H,33,35)/b25-20-,29-21-. The molecule has 2 aromatic carbocycles. The zero-order chi connectivity index (χ0) is 28.5. The SMILES string of the molecule is C=C/C(C)=c1/cc(OCCOC)cc(F)/c1=C(/C)Nc1ccc(NC(=O)CC(=O)N(C)CC(C)(C)C)cc1. The van der Waals surface area contributed by atoms with Crippen molar-refractivity contribution in [2.45, 2.75) is 41.0 Å². The van der Waals surface area contributed by atoms with Crippen molar-refractivity contribution in [2.75, 3.05) is 44.5 Å². The maximum absolute atomic E-state index is 15.2. The third kappa shape index (κ3) is 9.34. The van der Waals surface area contributed by atoms with Crippen molar-refractivity contribution in [2.24, 2.45) is 5.41 Å². The van der Waals surface area contributed by atoms with Crippen LogP contribution in [0.3, 0.4) is 0 Å². The Morgan fingerprint density at radius 2 is 1.66 bits per heavy atom. The predicted octanol–water partition coefficient (Wildman–Crippen LogP) is 4.28. The highest BCUT2D eigenvalue weighted by Crippen LogP contribution is 2.17. The molecule has 7 nitrogen and oxygen atoms in total. The minimum absolute atomic E-state index is 0.0508. The Balaban J connectivity index is 2.19. The van der Waals surface area contributed by atoms with Gasteiger partial charge in [-0.25, -0.2) is 4.39 Å². The summed E-state index contributed by atoms with van der Waals surface area (Å²) in [5, 5.41) is 7.07. The van der Waals surface area contributed by atoms with Crippen LogP contribution in [0, 0.1) is 11.2 Å². The van der Waals surface area contributed by atoms with Crippen molar-refractivity contribution in [3.8, 4) is 5.75 Å². The molecule has 0 spiro atoms. The Bertz CT molecular complexity index is 1260. The lowest BCUT2D eigenvalue weighted by Gasteiger charge is -2.26. The fourth-order valence-electron chi connectivity index (χ4n) is 3.90. The molecule has 0 radical (unpaired) electrons. The van der Waals surface area contributed by atoms with Gasteiger partial charge in [-0.1, -0.05) is 33.4 Å². The van der Waals surface area contributed by atoms with Crippen molar-refractivity contribution < 1.29 is 23.5 Å². The Morgan fingerprint density at radius 1 is 1.05 bits per heavy atom. The summed E-state index contributed by atoms with van der Waals surface area (Å²) >= 11 is 0. The fourth-order valence-corrected chi connectivity index (χ4v) is 3.90. The minimum atomic E-state index is -0.425. The van der Waals surface area contributed by atoms with Gasteiger partial charge in [0.15, 0.2) is 0 Å². The zero-order valence-corrected chi connectivity index (χ0v) is 23.5. The van der Waals surface area contributed by atoms with Crippen LogP contribution in [0.5, 0.6) is 5.75 Å². The molecule has 0 aliphatic carbocycles. The predicted molar refractivity (Wildman–Crippen MR) is 152 cm³/mol. The van der Waals surface area contributed by atoms with Gasteiger partial charge < -0.3 is 25.0 Å². The van der Waals surface area contributed by atoms with E-state index < -0.39 is 5.82 Å². The number of allylic oxidation sites excluding steroid dienone is 1. The maximum atomic E-state index is 15.2. The number of amides is 2. The topological polar surface area (TPSA) is 79.9 Å². The normalized spacial score (nSPS) is 12.8. The number of methoxy groups -OCH3 is 1. The number of hydrogen-bond acceptors (Lipinski definition) is 5. The van der Waals surface area contributed by atoms with E-state index >= 15 is 4.39 Å². The highest BCUT2D eigenvalue weighted by molar-refractivity contribution is 6.03. The van der Waals surface area contributed by atoms with Crippen LogP contribution in [0.15, 0.2) is 49.1 Å². The van der Waals surface area contributed by atoms with E-state index in [-0.39, 0.29) is 23.7 Å². The van der Waals surface area contributed by atoms with E-state index in [1.54, 1.807) is 62.4 Å². The van der Waals surface area contributed by atoms with Gasteiger partial charge in [-0.2, -0.15) is 0 Å². The summed E-state index contributed by atoms with van der Waals surface area (Å²) in [7, 11) is 3.28. The van der Waals surface area contributed by atoms with E-state index in [4.69, 9.17) is 9.47 Å². The summed E-state index contributed by atoms with van der Waals surface area (Å²) in [4.78, 5) is 26.3. The molecule has 0 atom stereocenters. The smallest absolute Gasteiger partial charge is 0.233 e. The Kier molecular flexibility index (Phi) is 11.1. The van der Waals surface area contributed by atoms with Crippen LogP contribution in [0.25, 0.3) is 11.3 Å². The van der Waals surface area contributed by atoms with Crippen LogP contribution >= 0.6 is 0 Å². The molecular formula is C30H40FN3O4. The molecule has 2 amide bonds. The first-order valence-electron chi connectivity index (χ1n) is 12.5. The lowest BCUT2D eigenvalue weighted by molar-refractivity contribution is -0.134. The van der Waals surface area contributed by atoms with Gasteiger partial charge in [0.2, 0.25) is 11.8 Å². The van der Waals surface area contributed by atoms with Crippen LogP contribution in [-0.4, -0.2) is 50.6 Å². The first kappa shape index (κ1) is 30.6. The minimum Gasteiger partial charge on any atom is -0.491 e. The van der Waals surface area contributed by atoms with Crippen LogP contribution in [0.1, 0.15) is 41.0 Å². The third-order valence-corrected chi connectivity index (χ3v) is 5.68. The molecule has 0 unspecified atom stereocenters. The Hall–Kier alpha value is -3.65. The van der Waals surface area contributed by atoms with Gasteiger partial charge in [-0.3, -0.25) is 9.59 Å². The number of halogens is 1. The van der Waals surface area contributed by atoms with E-state index in [0.717, 1.165) is 5.57 Å². The summed E-state index contributed by atoms with van der Waals surface area (Å²) in [6.45, 7) is 14.9. The third-order valence-electron chi connectivity index (χ3n) is 5.68. The lowest BCUT2D eigenvalue weighted by atomic mass is 9.96. The summed E-state index contributed by atoms with van der Waals surface area (Å²) in [6, 6.07) is 10.1. The van der Waals surface area contributed by atoms with E-state index in [2.05, 4.69) is 17.2 Å². The first-order chi connectivity index (χ1) is 17.8.